The van der Waals surface area contributed by atoms with E-state index in [9.17, 15) is 0 Å². The number of aliphatic imine (C=N–C) groups is 1. The Balaban J connectivity index is 1.44. The Kier molecular flexibility index (Phi) is 5.86. The fourth-order valence-corrected chi connectivity index (χ4v) is 3.78. The third-order valence-corrected chi connectivity index (χ3v) is 5.39. The molecule has 0 saturated carbocycles. The lowest BCUT2D eigenvalue weighted by Gasteiger charge is -2.29. The zero-order chi connectivity index (χ0) is 19.2. The molecule has 0 bridgehead atoms. The van der Waals surface area contributed by atoms with E-state index in [-0.39, 0.29) is 11.6 Å². The molecule has 3 heterocycles. The fourth-order valence-electron chi connectivity index (χ4n) is 3.78. The van der Waals surface area contributed by atoms with Crippen LogP contribution in [0.25, 0.3) is 0 Å². The molecule has 1 saturated heterocycles. The summed E-state index contributed by atoms with van der Waals surface area (Å²) in [6.07, 6.45) is 5.58. The van der Waals surface area contributed by atoms with Gasteiger partial charge in [-0.15, -0.1) is 0 Å². The molecule has 0 amide bonds. The van der Waals surface area contributed by atoms with Crippen LogP contribution in [-0.2, 0) is 11.2 Å². The van der Waals surface area contributed by atoms with E-state index in [2.05, 4.69) is 29.7 Å². The number of ether oxygens (including phenoxy) is 2. The number of nitrogens with one attached hydrogen (secondary N) is 2. The van der Waals surface area contributed by atoms with Gasteiger partial charge < -0.3 is 24.5 Å². The van der Waals surface area contributed by atoms with Crippen molar-refractivity contribution in [3.8, 4) is 5.75 Å². The van der Waals surface area contributed by atoms with Crippen LogP contribution in [0.3, 0.4) is 0 Å². The minimum atomic E-state index is -0.163. The van der Waals surface area contributed by atoms with Crippen LogP contribution in [0.4, 0.5) is 0 Å². The second-order valence-electron chi connectivity index (χ2n) is 7.69. The molecule has 2 N–H and O–H groups in total. The highest BCUT2D eigenvalue weighted by Crippen LogP contribution is 2.31. The van der Waals surface area contributed by atoms with E-state index in [0.717, 1.165) is 56.3 Å². The fraction of sp³-hybridized carbons (Fsp3) is 0.500. The van der Waals surface area contributed by atoms with E-state index in [1.807, 2.05) is 24.3 Å². The van der Waals surface area contributed by atoms with Crippen molar-refractivity contribution < 1.29 is 13.9 Å². The highest BCUT2D eigenvalue weighted by atomic mass is 16.5. The second kappa shape index (κ2) is 8.69. The van der Waals surface area contributed by atoms with E-state index < -0.39 is 0 Å². The average Bonchev–Trinajstić information content (AvgIpc) is 3.38. The van der Waals surface area contributed by atoms with Crippen molar-refractivity contribution in [3.63, 3.8) is 0 Å². The standard InChI is InChI=1S/C22H29N3O3/c1-22(11-5-14-28-22)16-24-21(23-12-9-17-6-4-13-26-17)25-19-10-15-27-20-8-3-2-7-18(19)20/h2-4,6-8,13,19H,5,9-12,14-16H2,1H3,(H2,23,24,25). The summed E-state index contributed by atoms with van der Waals surface area (Å²) in [5.74, 6) is 2.73. The van der Waals surface area contributed by atoms with Gasteiger partial charge in [-0.25, -0.2) is 0 Å². The number of rotatable bonds is 6. The van der Waals surface area contributed by atoms with Gasteiger partial charge in [-0.05, 0) is 38.0 Å². The molecule has 0 aliphatic carbocycles. The van der Waals surface area contributed by atoms with Gasteiger partial charge in [0, 0.05) is 31.6 Å². The van der Waals surface area contributed by atoms with Gasteiger partial charge in [0.2, 0.25) is 0 Å². The van der Waals surface area contributed by atoms with Crippen molar-refractivity contribution in [2.45, 2.75) is 44.2 Å². The molecular weight excluding hydrogens is 354 g/mol. The Morgan fingerprint density at radius 1 is 1.21 bits per heavy atom. The quantitative estimate of drug-likeness (QED) is 0.591. The van der Waals surface area contributed by atoms with Gasteiger partial charge in [0.25, 0.3) is 0 Å². The third-order valence-electron chi connectivity index (χ3n) is 5.39. The summed E-state index contributed by atoms with van der Waals surface area (Å²) in [6.45, 7) is 5.08. The molecule has 4 rings (SSSR count). The van der Waals surface area contributed by atoms with Crippen LogP contribution in [0, 0.1) is 0 Å². The van der Waals surface area contributed by atoms with Gasteiger partial charge >= 0.3 is 0 Å². The first-order chi connectivity index (χ1) is 13.7. The monoisotopic (exact) mass is 383 g/mol. The maximum Gasteiger partial charge on any atom is 0.191 e. The molecule has 0 radical (unpaired) electrons. The van der Waals surface area contributed by atoms with Crippen LogP contribution >= 0.6 is 0 Å². The number of benzene rings is 1. The van der Waals surface area contributed by atoms with Crippen LogP contribution in [0.1, 0.15) is 43.6 Å². The lowest BCUT2D eigenvalue weighted by Crippen LogP contribution is -2.43. The van der Waals surface area contributed by atoms with Crippen LogP contribution < -0.4 is 15.4 Å². The van der Waals surface area contributed by atoms with E-state index in [1.165, 1.54) is 5.56 Å². The predicted molar refractivity (Wildman–Crippen MR) is 109 cm³/mol. The van der Waals surface area contributed by atoms with Crippen LogP contribution in [-0.4, -0.2) is 37.9 Å². The predicted octanol–water partition coefficient (Wildman–Crippen LogP) is 3.45. The molecule has 2 aromatic rings. The molecular formula is C22H29N3O3. The Labute approximate surface area is 166 Å². The Morgan fingerprint density at radius 3 is 2.96 bits per heavy atom. The topological polar surface area (TPSA) is 68.0 Å². The number of guanidine groups is 1. The van der Waals surface area contributed by atoms with Gasteiger partial charge in [0.05, 0.1) is 31.1 Å². The summed E-state index contributed by atoms with van der Waals surface area (Å²) >= 11 is 0. The van der Waals surface area contributed by atoms with Crippen molar-refractivity contribution in [1.82, 2.24) is 10.6 Å². The summed E-state index contributed by atoms with van der Waals surface area (Å²) in [5, 5.41) is 7.07. The zero-order valence-corrected chi connectivity index (χ0v) is 16.4. The van der Waals surface area contributed by atoms with E-state index in [4.69, 9.17) is 18.9 Å². The first-order valence-corrected chi connectivity index (χ1v) is 10.1. The largest absolute Gasteiger partial charge is 0.493 e. The Hall–Kier alpha value is -2.47. The maximum atomic E-state index is 5.90. The summed E-state index contributed by atoms with van der Waals surface area (Å²) < 4.78 is 17.1. The number of para-hydroxylation sites is 1. The molecule has 1 aromatic carbocycles. The van der Waals surface area contributed by atoms with E-state index in [0.29, 0.717) is 13.2 Å². The average molecular weight is 383 g/mol. The third kappa shape index (κ3) is 4.68. The molecule has 2 aliphatic heterocycles. The number of nitrogens with zero attached hydrogens (tertiary/aromatic N) is 1. The molecule has 2 unspecified atom stereocenters. The Bertz CT molecular complexity index is 782. The highest BCUT2D eigenvalue weighted by Gasteiger charge is 2.30. The molecule has 6 nitrogen and oxygen atoms in total. The normalized spacial score (nSPS) is 24.5. The van der Waals surface area contributed by atoms with E-state index in [1.54, 1.807) is 6.26 Å². The minimum absolute atomic E-state index is 0.163. The molecule has 28 heavy (non-hydrogen) atoms. The summed E-state index contributed by atoms with van der Waals surface area (Å²) in [6, 6.07) is 12.3. The Morgan fingerprint density at radius 2 is 2.14 bits per heavy atom. The van der Waals surface area contributed by atoms with Gasteiger partial charge in [0.1, 0.15) is 11.5 Å². The van der Waals surface area contributed by atoms with Crippen molar-refractivity contribution in [3.05, 3.63) is 54.0 Å². The highest BCUT2D eigenvalue weighted by molar-refractivity contribution is 5.80. The first kappa shape index (κ1) is 18.9. The lowest BCUT2D eigenvalue weighted by molar-refractivity contribution is 0.0283. The summed E-state index contributed by atoms with van der Waals surface area (Å²) in [4.78, 5) is 4.86. The van der Waals surface area contributed by atoms with Crippen LogP contribution in [0.5, 0.6) is 5.75 Å². The number of hydrogen-bond acceptors (Lipinski definition) is 4. The van der Waals surface area contributed by atoms with Crippen molar-refractivity contribution in [2.24, 2.45) is 4.99 Å². The van der Waals surface area contributed by atoms with E-state index >= 15 is 0 Å². The SMILES string of the molecule is CC1(CN=C(NCCc2ccco2)NC2CCOc3ccccc32)CCCO1. The van der Waals surface area contributed by atoms with Crippen molar-refractivity contribution >= 4 is 5.96 Å². The summed E-state index contributed by atoms with van der Waals surface area (Å²) in [5.41, 5.74) is 1.01. The van der Waals surface area contributed by atoms with Crippen molar-refractivity contribution in [2.75, 3.05) is 26.3 Å². The van der Waals surface area contributed by atoms with Gasteiger partial charge in [-0.2, -0.15) is 0 Å². The lowest BCUT2D eigenvalue weighted by atomic mass is 10.0. The molecule has 150 valence electrons. The minimum Gasteiger partial charge on any atom is -0.493 e. The molecule has 2 atom stereocenters. The smallest absolute Gasteiger partial charge is 0.191 e. The van der Waals surface area contributed by atoms with Crippen LogP contribution in [0.15, 0.2) is 52.1 Å². The first-order valence-electron chi connectivity index (χ1n) is 10.1. The number of fused-ring (bicyclic) bond motifs is 1. The molecule has 1 fully saturated rings. The van der Waals surface area contributed by atoms with Crippen LogP contribution in [0.2, 0.25) is 0 Å². The van der Waals surface area contributed by atoms with Gasteiger partial charge in [-0.3, -0.25) is 4.99 Å². The maximum absolute atomic E-state index is 5.90. The zero-order valence-electron chi connectivity index (χ0n) is 16.4. The number of furan rings is 1. The second-order valence-corrected chi connectivity index (χ2v) is 7.69. The van der Waals surface area contributed by atoms with Gasteiger partial charge in [0.15, 0.2) is 5.96 Å². The van der Waals surface area contributed by atoms with Gasteiger partial charge in [-0.1, -0.05) is 18.2 Å². The molecule has 2 aliphatic rings. The van der Waals surface area contributed by atoms with Crippen molar-refractivity contribution in [1.29, 1.82) is 0 Å². The summed E-state index contributed by atoms with van der Waals surface area (Å²) in [7, 11) is 0. The molecule has 0 spiro atoms. The molecule has 6 heteroatoms. The molecule has 1 aromatic heterocycles. The number of hydrogen-bond donors (Lipinski definition) is 2.